The van der Waals surface area contributed by atoms with Crippen LogP contribution in [-0.2, 0) is 6.54 Å². The average molecular weight is 495 g/mol. The van der Waals surface area contributed by atoms with E-state index in [2.05, 4.69) is 103 Å². The van der Waals surface area contributed by atoms with Crippen LogP contribution in [0.1, 0.15) is 41.2 Å². The third kappa shape index (κ3) is 5.93. The third-order valence-electron chi connectivity index (χ3n) is 6.87. The van der Waals surface area contributed by atoms with Crippen molar-refractivity contribution in [3.63, 3.8) is 0 Å². The second-order valence-electron chi connectivity index (χ2n) is 9.00. The molecule has 4 heteroatoms. The van der Waals surface area contributed by atoms with Crippen molar-refractivity contribution < 1.29 is 4.42 Å². The van der Waals surface area contributed by atoms with E-state index in [-0.39, 0.29) is 24.8 Å². The smallest absolute Gasteiger partial charge is 0.134 e. The zero-order valence-corrected chi connectivity index (χ0v) is 21.2. The molecular formula is C30H33Cl2NO. The predicted molar refractivity (Wildman–Crippen MR) is 146 cm³/mol. The molecule has 1 aliphatic rings. The maximum atomic E-state index is 6.27. The van der Waals surface area contributed by atoms with E-state index in [9.17, 15) is 0 Å². The van der Waals surface area contributed by atoms with Crippen LogP contribution in [0.5, 0.6) is 0 Å². The molecule has 0 aliphatic carbocycles. The molecule has 2 heterocycles. The summed E-state index contributed by atoms with van der Waals surface area (Å²) in [5.41, 5.74) is 5.27. The van der Waals surface area contributed by atoms with E-state index < -0.39 is 0 Å². The highest BCUT2D eigenvalue weighted by atomic mass is 35.5. The number of benzene rings is 3. The first-order chi connectivity index (χ1) is 15.8. The molecule has 0 amide bonds. The number of nitrogens with zero attached hydrogens (tertiary/aromatic N) is 1. The maximum Gasteiger partial charge on any atom is 0.134 e. The molecule has 1 aliphatic heterocycles. The normalized spacial score (nSPS) is 14.4. The molecule has 0 unspecified atom stereocenters. The van der Waals surface area contributed by atoms with Crippen LogP contribution in [0, 0.1) is 12.8 Å². The van der Waals surface area contributed by atoms with E-state index in [0.29, 0.717) is 11.8 Å². The first kappa shape index (κ1) is 26.1. The second-order valence-corrected chi connectivity index (χ2v) is 9.00. The Morgan fingerprint density at radius 1 is 0.765 bits per heavy atom. The molecule has 34 heavy (non-hydrogen) atoms. The second kappa shape index (κ2) is 12.3. The van der Waals surface area contributed by atoms with Crippen LogP contribution in [0.25, 0.3) is 11.3 Å². The van der Waals surface area contributed by atoms with Gasteiger partial charge in [-0.2, -0.15) is 0 Å². The highest BCUT2D eigenvalue weighted by Crippen LogP contribution is 2.38. The van der Waals surface area contributed by atoms with Crippen LogP contribution in [-0.4, -0.2) is 18.0 Å². The van der Waals surface area contributed by atoms with Crippen LogP contribution >= 0.6 is 24.8 Å². The van der Waals surface area contributed by atoms with Gasteiger partial charge in [0.2, 0.25) is 0 Å². The zero-order chi connectivity index (χ0) is 21.8. The number of piperidine rings is 1. The quantitative estimate of drug-likeness (QED) is 0.269. The molecule has 0 radical (unpaired) electrons. The van der Waals surface area contributed by atoms with Crippen LogP contribution in [0.2, 0.25) is 0 Å². The Kier molecular flexibility index (Phi) is 9.41. The molecule has 1 saturated heterocycles. The van der Waals surface area contributed by atoms with Gasteiger partial charge in [-0.25, -0.2) is 0 Å². The molecule has 5 rings (SSSR count). The van der Waals surface area contributed by atoms with Crippen molar-refractivity contribution in [3.05, 3.63) is 120 Å². The molecule has 1 aromatic heterocycles. The standard InChI is InChI=1S/C30H31NO.2ClH/c1-23-21-28(24-11-5-2-6-12-24)32-29(23)22-31-19-17-27(18-20-31)30(25-13-7-3-8-14-25)26-15-9-4-10-16-26;;/h2-16,21,27,30H,17-20,22H2,1H3;2*1H. The summed E-state index contributed by atoms with van der Waals surface area (Å²) in [6.45, 7) is 5.29. The molecule has 4 aromatic rings. The van der Waals surface area contributed by atoms with Gasteiger partial charge in [-0.3, -0.25) is 4.90 Å². The first-order valence-electron chi connectivity index (χ1n) is 11.7. The molecule has 0 bridgehead atoms. The van der Waals surface area contributed by atoms with Crippen LogP contribution in [0.4, 0.5) is 0 Å². The lowest BCUT2D eigenvalue weighted by Crippen LogP contribution is -2.35. The molecule has 0 atom stereocenters. The largest absolute Gasteiger partial charge is 0.459 e. The Balaban J connectivity index is 0.00000162. The summed E-state index contributed by atoms with van der Waals surface area (Å²) in [7, 11) is 0. The highest BCUT2D eigenvalue weighted by molar-refractivity contribution is 5.85. The molecule has 1 fully saturated rings. The fraction of sp³-hybridized carbons (Fsp3) is 0.267. The summed E-state index contributed by atoms with van der Waals surface area (Å²) in [4.78, 5) is 2.56. The van der Waals surface area contributed by atoms with Crippen molar-refractivity contribution >= 4 is 24.8 Å². The minimum atomic E-state index is 0. The molecule has 0 spiro atoms. The number of hydrogen-bond acceptors (Lipinski definition) is 2. The zero-order valence-electron chi connectivity index (χ0n) is 19.6. The number of rotatable bonds is 6. The SMILES string of the molecule is Cc1cc(-c2ccccc2)oc1CN1CCC(C(c2ccccc2)c2ccccc2)CC1.Cl.Cl. The lowest BCUT2D eigenvalue weighted by atomic mass is 9.76. The first-order valence-corrected chi connectivity index (χ1v) is 11.7. The number of likely N-dealkylation sites (tertiary alicyclic amines) is 1. The van der Waals surface area contributed by atoms with Crippen molar-refractivity contribution in [1.82, 2.24) is 4.90 Å². The highest BCUT2D eigenvalue weighted by Gasteiger charge is 2.29. The lowest BCUT2D eigenvalue weighted by molar-refractivity contribution is 0.158. The fourth-order valence-electron chi connectivity index (χ4n) is 5.13. The van der Waals surface area contributed by atoms with Crippen LogP contribution in [0.15, 0.2) is 101 Å². The maximum absolute atomic E-state index is 6.27. The van der Waals surface area contributed by atoms with E-state index in [1.54, 1.807) is 0 Å². The van der Waals surface area contributed by atoms with Gasteiger partial charge in [0.15, 0.2) is 0 Å². The third-order valence-corrected chi connectivity index (χ3v) is 6.87. The van der Waals surface area contributed by atoms with Crippen molar-refractivity contribution in [2.75, 3.05) is 13.1 Å². The summed E-state index contributed by atoms with van der Waals surface area (Å²) in [6.07, 6.45) is 2.42. The minimum Gasteiger partial charge on any atom is -0.459 e. The van der Waals surface area contributed by atoms with Crippen molar-refractivity contribution in [1.29, 1.82) is 0 Å². The summed E-state index contributed by atoms with van der Waals surface area (Å²) in [5, 5.41) is 0. The van der Waals surface area contributed by atoms with Gasteiger partial charge in [-0.05, 0) is 61.5 Å². The predicted octanol–water partition coefficient (Wildman–Crippen LogP) is 8.14. The van der Waals surface area contributed by atoms with E-state index in [1.807, 2.05) is 6.07 Å². The van der Waals surface area contributed by atoms with E-state index in [4.69, 9.17) is 4.42 Å². The van der Waals surface area contributed by atoms with Gasteiger partial charge < -0.3 is 4.42 Å². The molecule has 0 N–H and O–H groups in total. The van der Waals surface area contributed by atoms with Gasteiger partial charge in [-0.1, -0.05) is 91.0 Å². The summed E-state index contributed by atoms with van der Waals surface area (Å²) >= 11 is 0. The van der Waals surface area contributed by atoms with Gasteiger partial charge in [-0.15, -0.1) is 24.8 Å². The van der Waals surface area contributed by atoms with Gasteiger partial charge >= 0.3 is 0 Å². The molecule has 178 valence electrons. The monoisotopic (exact) mass is 493 g/mol. The van der Waals surface area contributed by atoms with Gasteiger partial charge in [0.25, 0.3) is 0 Å². The number of aryl methyl sites for hydroxylation is 1. The fourth-order valence-corrected chi connectivity index (χ4v) is 5.13. The number of hydrogen-bond donors (Lipinski definition) is 0. The minimum absolute atomic E-state index is 0. The summed E-state index contributed by atoms with van der Waals surface area (Å²) < 4.78 is 6.27. The summed E-state index contributed by atoms with van der Waals surface area (Å²) in [6, 6.07) is 34.7. The van der Waals surface area contributed by atoms with Crippen molar-refractivity contribution in [3.8, 4) is 11.3 Å². The van der Waals surface area contributed by atoms with E-state index >= 15 is 0 Å². The Bertz CT molecular complexity index is 1080. The van der Waals surface area contributed by atoms with Gasteiger partial charge in [0.05, 0.1) is 6.54 Å². The van der Waals surface area contributed by atoms with Crippen molar-refractivity contribution in [2.24, 2.45) is 5.92 Å². The van der Waals surface area contributed by atoms with Gasteiger partial charge in [0, 0.05) is 11.5 Å². The number of halogens is 2. The van der Waals surface area contributed by atoms with Crippen LogP contribution < -0.4 is 0 Å². The van der Waals surface area contributed by atoms with E-state index in [0.717, 1.165) is 36.7 Å². The van der Waals surface area contributed by atoms with E-state index in [1.165, 1.54) is 29.5 Å². The molecular weight excluding hydrogens is 461 g/mol. The van der Waals surface area contributed by atoms with Crippen LogP contribution in [0.3, 0.4) is 0 Å². The lowest BCUT2D eigenvalue weighted by Gasteiger charge is -2.36. The topological polar surface area (TPSA) is 16.4 Å². The molecule has 2 nitrogen and oxygen atoms in total. The van der Waals surface area contributed by atoms with Crippen molar-refractivity contribution in [2.45, 2.75) is 32.2 Å². The Hall–Kier alpha value is -2.52. The Labute approximate surface area is 215 Å². The van der Waals surface area contributed by atoms with Gasteiger partial charge in [0.1, 0.15) is 11.5 Å². The summed E-state index contributed by atoms with van der Waals surface area (Å²) in [5.74, 6) is 3.20. The Morgan fingerprint density at radius 2 is 1.26 bits per heavy atom. The molecule has 0 saturated carbocycles. The number of furan rings is 1. The Morgan fingerprint density at radius 3 is 1.79 bits per heavy atom. The average Bonchev–Trinajstić information content (AvgIpc) is 3.22. The molecule has 3 aromatic carbocycles.